The van der Waals surface area contributed by atoms with E-state index in [-0.39, 0.29) is 24.4 Å². The van der Waals surface area contributed by atoms with E-state index >= 15 is 0 Å². The monoisotopic (exact) mass is 529 g/mol. The van der Waals surface area contributed by atoms with Crippen molar-refractivity contribution >= 4 is 34.5 Å². The Bertz CT molecular complexity index is 1430. The molecule has 4 aromatic rings. The number of nitrogens with one attached hydrogen (secondary N) is 1. The fraction of sp³-hybridized carbons (Fsp3) is 0.355. The van der Waals surface area contributed by atoms with Crippen LogP contribution in [0.15, 0.2) is 77.4 Å². The number of benzene rings is 2. The van der Waals surface area contributed by atoms with Gasteiger partial charge in [0.2, 0.25) is 0 Å². The number of hydrogen-bond donors (Lipinski definition) is 1. The first-order valence-electron chi connectivity index (χ1n) is 13.6. The van der Waals surface area contributed by atoms with Gasteiger partial charge in [-0.1, -0.05) is 86.2 Å². The van der Waals surface area contributed by atoms with E-state index in [0.717, 1.165) is 42.3 Å². The largest absolute Gasteiger partial charge is 0.463 e. The molecule has 196 valence electrons. The molecule has 0 radical (unpaired) electrons. The number of fused-ring (bicyclic) bond motifs is 3. The van der Waals surface area contributed by atoms with Crippen LogP contribution in [0.5, 0.6) is 0 Å². The Balaban J connectivity index is 1.49. The molecule has 0 bridgehead atoms. The number of halogens is 1. The number of rotatable bonds is 5. The van der Waals surface area contributed by atoms with Crippen molar-refractivity contribution in [2.75, 3.05) is 0 Å². The van der Waals surface area contributed by atoms with Crippen molar-refractivity contribution in [3.63, 3.8) is 0 Å². The lowest BCUT2D eigenvalue weighted by Gasteiger charge is -2.47. The number of carbonyl (C=O) groups excluding carboxylic acids is 2. The van der Waals surface area contributed by atoms with E-state index in [1.54, 1.807) is 17.2 Å². The number of aromatic nitrogens is 1. The average Bonchev–Trinajstić information content (AvgIpc) is 3.51. The molecule has 6 nitrogen and oxygen atoms in total. The molecule has 2 aromatic carbocycles. The Morgan fingerprint density at radius 1 is 0.974 bits per heavy atom. The van der Waals surface area contributed by atoms with Crippen LogP contribution in [-0.4, -0.2) is 27.3 Å². The first kappa shape index (κ1) is 24.8. The summed E-state index contributed by atoms with van der Waals surface area (Å²) < 4.78 is 7.61. The Hall–Kier alpha value is -3.51. The summed E-state index contributed by atoms with van der Waals surface area (Å²) in [7, 11) is 0. The van der Waals surface area contributed by atoms with Crippen LogP contribution >= 0.6 is 11.6 Å². The molecule has 2 aromatic heterocycles. The molecule has 1 N–H and O–H groups in total. The third kappa shape index (κ3) is 4.41. The van der Waals surface area contributed by atoms with Gasteiger partial charge < -0.3 is 19.2 Å². The normalized spacial score (nSPS) is 20.7. The van der Waals surface area contributed by atoms with Gasteiger partial charge in [-0.05, 0) is 36.1 Å². The van der Waals surface area contributed by atoms with Crippen LogP contribution in [0.4, 0.5) is 0 Å². The maximum atomic E-state index is 14.6. The SMILES string of the molecule is O=C1c2cc3occc3n2C[C@@](C(=O)NC2CCCCCCC2)(c2ccccc2)N1Cc1ccc(Cl)cc1. The molecule has 0 saturated heterocycles. The molecule has 1 fully saturated rings. The van der Waals surface area contributed by atoms with E-state index in [9.17, 15) is 9.59 Å². The summed E-state index contributed by atoms with van der Waals surface area (Å²) >= 11 is 6.16. The van der Waals surface area contributed by atoms with Gasteiger partial charge in [0.05, 0.1) is 18.3 Å². The molecule has 0 spiro atoms. The third-order valence-corrected chi connectivity index (χ3v) is 8.41. The van der Waals surface area contributed by atoms with Crippen LogP contribution in [0.1, 0.15) is 66.6 Å². The Labute approximate surface area is 227 Å². The minimum atomic E-state index is -1.24. The van der Waals surface area contributed by atoms with E-state index in [1.807, 2.05) is 65.2 Å². The van der Waals surface area contributed by atoms with Gasteiger partial charge in [-0.15, -0.1) is 0 Å². The molecule has 1 atom stereocenters. The predicted molar refractivity (Wildman–Crippen MR) is 148 cm³/mol. The van der Waals surface area contributed by atoms with Crippen LogP contribution in [0.25, 0.3) is 11.1 Å². The summed E-state index contributed by atoms with van der Waals surface area (Å²) in [5, 5.41) is 4.04. The molecule has 1 aliphatic heterocycles. The van der Waals surface area contributed by atoms with Gasteiger partial charge >= 0.3 is 0 Å². The lowest BCUT2D eigenvalue weighted by Crippen LogP contribution is -2.64. The van der Waals surface area contributed by atoms with Crippen molar-refractivity contribution in [2.45, 2.75) is 69.6 Å². The van der Waals surface area contributed by atoms with E-state index < -0.39 is 5.54 Å². The zero-order valence-corrected chi connectivity index (χ0v) is 22.1. The zero-order valence-electron chi connectivity index (χ0n) is 21.4. The van der Waals surface area contributed by atoms with Crippen LogP contribution in [0, 0.1) is 0 Å². The van der Waals surface area contributed by atoms with Gasteiger partial charge in [0, 0.05) is 29.7 Å². The van der Waals surface area contributed by atoms with Crippen LogP contribution in [-0.2, 0) is 23.4 Å². The zero-order chi connectivity index (χ0) is 26.1. The highest BCUT2D eigenvalue weighted by Crippen LogP contribution is 2.40. The van der Waals surface area contributed by atoms with Gasteiger partial charge in [-0.3, -0.25) is 9.59 Å². The maximum absolute atomic E-state index is 14.6. The summed E-state index contributed by atoms with van der Waals surface area (Å²) in [4.78, 5) is 30.7. The standard InChI is InChI=1S/C31H32ClN3O3/c32-24-15-13-22(14-16-24)20-35-29(36)27-19-28-26(17-18-38-28)34(27)21-31(35,23-9-5-4-6-10-23)30(37)33-25-11-7-2-1-3-8-12-25/h4-6,9-10,13-19,25H,1-3,7-8,11-12,20-21H2,(H,33,37)/t31-/m0/s1. The number of carbonyl (C=O) groups is 2. The Morgan fingerprint density at radius 2 is 1.68 bits per heavy atom. The first-order valence-corrected chi connectivity index (χ1v) is 13.9. The number of amides is 2. The highest BCUT2D eigenvalue weighted by molar-refractivity contribution is 6.30. The minimum Gasteiger partial charge on any atom is -0.463 e. The second-order valence-corrected chi connectivity index (χ2v) is 11.0. The maximum Gasteiger partial charge on any atom is 0.272 e. The highest BCUT2D eigenvalue weighted by Gasteiger charge is 2.53. The molecule has 2 amide bonds. The van der Waals surface area contributed by atoms with Gasteiger partial charge in [0.1, 0.15) is 5.69 Å². The second kappa shape index (κ2) is 10.3. The molecule has 1 aliphatic carbocycles. The van der Waals surface area contributed by atoms with E-state index in [1.165, 1.54) is 19.3 Å². The molecular weight excluding hydrogens is 498 g/mol. The van der Waals surface area contributed by atoms with E-state index in [0.29, 0.717) is 22.8 Å². The molecule has 6 rings (SSSR count). The lowest BCUT2D eigenvalue weighted by molar-refractivity contribution is -0.136. The van der Waals surface area contributed by atoms with Crippen molar-refractivity contribution in [3.8, 4) is 0 Å². The number of nitrogens with zero attached hydrogens (tertiary/aromatic N) is 2. The second-order valence-electron chi connectivity index (χ2n) is 10.5. The summed E-state index contributed by atoms with van der Waals surface area (Å²) in [6, 6.07) is 20.9. The van der Waals surface area contributed by atoms with Gasteiger partial charge in [-0.2, -0.15) is 0 Å². The van der Waals surface area contributed by atoms with E-state index in [4.69, 9.17) is 16.0 Å². The van der Waals surface area contributed by atoms with Crippen molar-refractivity contribution in [1.82, 2.24) is 14.8 Å². The number of hydrogen-bond acceptors (Lipinski definition) is 3. The Morgan fingerprint density at radius 3 is 2.42 bits per heavy atom. The fourth-order valence-corrected chi connectivity index (χ4v) is 6.25. The average molecular weight is 530 g/mol. The lowest BCUT2D eigenvalue weighted by atomic mass is 9.83. The predicted octanol–water partition coefficient (Wildman–Crippen LogP) is 6.67. The Kier molecular flexibility index (Phi) is 6.75. The molecular formula is C31H32ClN3O3. The first-order chi connectivity index (χ1) is 18.6. The summed E-state index contributed by atoms with van der Waals surface area (Å²) in [6.45, 7) is 0.572. The molecule has 3 heterocycles. The minimum absolute atomic E-state index is 0.0934. The molecule has 1 saturated carbocycles. The van der Waals surface area contributed by atoms with Crippen molar-refractivity contribution in [3.05, 3.63) is 94.8 Å². The highest BCUT2D eigenvalue weighted by atomic mass is 35.5. The van der Waals surface area contributed by atoms with Crippen LogP contribution in [0.3, 0.4) is 0 Å². The smallest absolute Gasteiger partial charge is 0.272 e. The summed E-state index contributed by atoms with van der Waals surface area (Å²) in [5.74, 6) is -0.332. The van der Waals surface area contributed by atoms with Gasteiger partial charge in [-0.25, -0.2) is 0 Å². The topological polar surface area (TPSA) is 67.5 Å². The van der Waals surface area contributed by atoms with Crippen molar-refractivity contribution < 1.29 is 14.0 Å². The van der Waals surface area contributed by atoms with Gasteiger partial charge in [0.25, 0.3) is 11.8 Å². The van der Waals surface area contributed by atoms with Crippen molar-refractivity contribution in [2.24, 2.45) is 0 Å². The summed E-state index contributed by atoms with van der Waals surface area (Å²) in [6.07, 6.45) is 9.41. The molecule has 0 unspecified atom stereocenters. The molecule has 7 heteroatoms. The van der Waals surface area contributed by atoms with Gasteiger partial charge in [0.15, 0.2) is 11.1 Å². The third-order valence-electron chi connectivity index (χ3n) is 8.16. The van der Waals surface area contributed by atoms with Crippen LogP contribution in [0.2, 0.25) is 5.02 Å². The molecule has 38 heavy (non-hydrogen) atoms. The van der Waals surface area contributed by atoms with Crippen LogP contribution < -0.4 is 5.32 Å². The fourth-order valence-electron chi connectivity index (χ4n) is 6.12. The number of furan rings is 1. The summed E-state index contributed by atoms with van der Waals surface area (Å²) in [5.41, 5.74) is 2.45. The van der Waals surface area contributed by atoms with E-state index in [2.05, 4.69) is 5.32 Å². The molecule has 2 aliphatic rings. The quantitative estimate of drug-likeness (QED) is 0.314. The van der Waals surface area contributed by atoms with Crippen molar-refractivity contribution in [1.29, 1.82) is 0 Å².